The molecule has 1 rings (SSSR count). The van der Waals surface area contributed by atoms with Crippen LogP contribution in [0.15, 0.2) is 0 Å². The zero-order chi connectivity index (χ0) is 9.30. The maximum atomic E-state index is 10.4. The van der Waals surface area contributed by atoms with Crippen LogP contribution in [-0.2, 0) is 0 Å². The number of rotatable bonds is 1. The largest absolute Gasteiger partial charge is 0.329 e. The van der Waals surface area contributed by atoms with E-state index in [2.05, 4.69) is 0 Å². The molecule has 0 saturated carbocycles. The average Bonchev–Trinajstić information content (AvgIpc) is 2.27. The lowest BCUT2D eigenvalue weighted by molar-refractivity contribution is -0.380. The molecule has 1 aromatic rings. The highest BCUT2D eigenvalue weighted by Gasteiger charge is 2.20. The van der Waals surface area contributed by atoms with E-state index < -0.39 is 4.92 Å². The van der Waals surface area contributed by atoms with Crippen LogP contribution in [0.4, 0.5) is 5.00 Å². The van der Waals surface area contributed by atoms with Crippen LogP contribution in [0.3, 0.4) is 0 Å². The first kappa shape index (κ1) is 9.41. The number of nitriles is 1. The number of hydrogen-bond donors (Lipinski definition) is 0. The smallest absolute Gasteiger partial charge is 0.258 e. The fraction of sp³-hybridized carbons (Fsp3) is 0.167. The highest BCUT2D eigenvalue weighted by molar-refractivity contribution is 14.1. The molecule has 1 aromatic heterocycles. The molecule has 62 valence electrons. The molecule has 0 aliphatic rings. The van der Waals surface area contributed by atoms with Gasteiger partial charge in [0.25, 0.3) is 0 Å². The second-order valence-corrected chi connectivity index (χ2v) is 4.86. The van der Waals surface area contributed by atoms with Crippen molar-refractivity contribution in [2.75, 3.05) is 0 Å². The van der Waals surface area contributed by atoms with E-state index in [-0.39, 0.29) is 5.00 Å². The summed E-state index contributed by atoms with van der Waals surface area (Å²) < 4.78 is 0.680. The summed E-state index contributed by atoms with van der Waals surface area (Å²) in [5.74, 6) is 0. The van der Waals surface area contributed by atoms with Gasteiger partial charge in [0.1, 0.15) is 6.07 Å². The molecule has 1 heterocycles. The Labute approximate surface area is 86.1 Å². The van der Waals surface area contributed by atoms with Crippen molar-refractivity contribution in [1.82, 2.24) is 0 Å². The highest BCUT2D eigenvalue weighted by atomic mass is 127. The lowest BCUT2D eigenvalue weighted by Crippen LogP contribution is -1.86. The maximum absolute atomic E-state index is 10.4. The van der Waals surface area contributed by atoms with Gasteiger partial charge in [0, 0.05) is 0 Å². The summed E-state index contributed by atoms with van der Waals surface area (Å²) in [6, 6.07) is 1.94. The molecule has 0 N–H and O–H groups in total. The quantitative estimate of drug-likeness (QED) is 0.454. The Morgan fingerprint density at radius 1 is 1.75 bits per heavy atom. The number of hydrogen-bond acceptors (Lipinski definition) is 4. The second kappa shape index (κ2) is 3.37. The van der Waals surface area contributed by atoms with Gasteiger partial charge >= 0.3 is 5.00 Å². The molecule has 0 radical (unpaired) electrons. The number of thiophene rings is 1. The van der Waals surface area contributed by atoms with Gasteiger partial charge in [-0.3, -0.25) is 10.1 Å². The van der Waals surface area contributed by atoms with Gasteiger partial charge < -0.3 is 0 Å². The molecule has 0 atom stereocenters. The lowest BCUT2D eigenvalue weighted by atomic mass is 10.2. The van der Waals surface area contributed by atoms with Crippen molar-refractivity contribution in [2.45, 2.75) is 6.92 Å². The predicted molar refractivity (Wildman–Crippen MR) is 53.1 cm³/mol. The van der Waals surface area contributed by atoms with E-state index in [0.717, 1.165) is 11.3 Å². The van der Waals surface area contributed by atoms with E-state index in [1.54, 1.807) is 6.92 Å². The third kappa shape index (κ3) is 1.42. The molecule has 0 aromatic carbocycles. The highest BCUT2D eigenvalue weighted by Crippen LogP contribution is 2.34. The molecule has 0 spiro atoms. The first-order valence-electron chi connectivity index (χ1n) is 2.91. The minimum atomic E-state index is -0.455. The zero-order valence-electron chi connectivity index (χ0n) is 6.00. The molecule has 0 bridgehead atoms. The Morgan fingerprint density at radius 3 is 2.58 bits per heavy atom. The van der Waals surface area contributed by atoms with E-state index in [1.807, 2.05) is 28.7 Å². The van der Waals surface area contributed by atoms with Gasteiger partial charge in [-0.1, -0.05) is 11.3 Å². The molecule has 0 fully saturated rings. The summed E-state index contributed by atoms with van der Waals surface area (Å²) >= 11 is 2.97. The van der Waals surface area contributed by atoms with Crippen LogP contribution < -0.4 is 0 Å². The SMILES string of the molecule is Cc1c([N+](=O)[O-])sc(I)c1C#N. The van der Waals surface area contributed by atoms with E-state index in [1.165, 1.54) is 0 Å². The topological polar surface area (TPSA) is 66.9 Å². The average molecular weight is 294 g/mol. The molecule has 0 unspecified atom stereocenters. The van der Waals surface area contributed by atoms with Crippen molar-refractivity contribution in [1.29, 1.82) is 5.26 Å². The van der Waals surface area contributed by atoms with Gasteiger partial charge in [0.05, 0.1) is 18.9 Å². The molecular formula is C6H3IN2O2S. The normalized spacial score (nSPS) is 9.42. The standard InChI is InChI=1S/C6H3IN2O2S/c1-3-4(2-8)5(7)12-6(3)9(10)11/h1H3. The van der Waals surface area contributed by atoms with Gasteiger partial charge in [-0.15, -0.1) is 0 Å². The molecule has 6 heteroatoms. The molecular weight excluding hydrogens is 291 g/mol. The monoisotopic (exact) mass is 294 g/mol. The van der Waals surface area contributed by atoms with Crippen molar-refractivity contribution >= 4 is 38.9 Å². The van der Waals surface area contributed by atoms with Crippen LogP contribution >= 0.6 is 33.9 Å². The van der Waals surface area contributed by atoms with Crippen molar-refractivity contribution in [3.05, 3.63) is 24.1 Å². The van der Waals surface area contributed by atoms with Gasteiger partial charge in [-0.05, 0) is 29.5 Å². The Kier molecular flexibility index (Phi) is 2.64. The van der Waals surface area contributed by atoms with Gasteiger partial charge in [-0.25, -0.2) is 0 Å². The fourth-order valence-corrected chi connectivity index (χ4v) is 2.72. The van der Waals surface area contributed by atoms with Gasteiger partial charge in [0.15, 0.2) is 0 Å². The van der Waals surface area contributed by atoms with Crippen molar-refractivity contribution in [3.63, 3.8) is 0 Å². The lowest BCUT2D eigenvalue weighted by Gasteiger charge is -1.85. The fourth-order valence-electron chi connectivity index (χ4n) is 0.769. The summed E-state index contributed by atoms with van der Waals surface area (Å²) in [5, 5.41) is 19.1. The van der Waals surface area contributed by atoms with Crippen LogP contribution in [0.2, 0.25) is 0 Å². The first-order chi connectivity index (χ1) is 5.57. The Morgan fingerprint density at radius 2 is 2.33 bits per heavy atom. The Bertz CT molecular complexity index is 380. The van der Waals surface area contributed by atoms with Gasteiger partial charge in [0.2, 0.25) is 0 Å². The van der Waals surface area contributed by atoms with E-state index in [4.69, 9.17) is 5.26 Å². The molecule has 4 nitrogen and oxygen atoms in total. The second-order valence-electron chi connectivity index (χ2n) is 2.05. The molecule has 0 saturated heterocycles. The molecule has 0 amide bonds. The molecule has 0 aliphatic carbocycles. The van der Waals surface area contributed by atoms with Crippen molar-refractivity contribution in [2.24, 2.45) is 0 Å². The van der Waals surface area contributed by atoms with E-state index in [9.17, 15) is 10.1 Å². The van der Waals surface area contributed by atoms with Crippen molar-refractivity contribution < 1.29 is 4.92 Å². The zero-order valence-corrected chi connectivity index (χ0v) is 8.97. The van der Waals surface area contributed by atoms with Gasteiger partial charge in [-0.2, -0.15) is 5.26 Å². The molecule has 0 aliphatic heterocycles. The minimum absolute atomic E-state index is 0.0657. The summed E-state index contributed by atoms with van der Waals surface area (Å²) in [5.41, 5.74) is 0.893. The van der Waals surface area contributed by atoms with Crippen LogP contribution in [0.1, 0.15) is 11.1 Å². The Hall–Kier alpha value is -0.680. The third-order valence-electron chi connectivity index (χ3n) is 1.36. The maximum Gasteiger partial charge on any atom is 0.329 e. The van der Waals surface area contributed by atoms with Crippen LogP contribution in [0, 0.1) is 31.3 Å². The summed E-state index contributed by atoms with van der Waals surface area (Å²) in [6.07, 6.45) is 0. The Balaban J connectivity index is 3.39. The number of halogens is 1. The van der Waals surface area contributed by atoms with Crippen LogP contribution in [-0.4, -0.2) is 4.92 Å². The first-order valence-corrected chi connectivity index (χ1v) is 4.80. The third-order valence-corrected chi connectivity index (χ3v) is 3.59. The summed E-state index contributed by atoms with van der Waals surface area (Å²) in [7, 11) is 0. The summed E-state index contributed by atoms with van der Waals surface area (Å²) in [6.45, 7) is 1.59. The minimum Gasteiger partial charge on any atom is -0.258 e. The number of nitrogens with zero attached hydrogens (tertiary/aromatic N) is 2. The predicted octanol–water partition coefficient (Wildman–Crippen LogP) is 2.44. The van der Waals surface area contributed by atoms with Crippen LogP contribution in [0.5, 0.6) is 0 Å². The number of nitro groups is 1. The van der Waals surface area contributed by atoms with Crippen molar-refractivity contribution in [3.8, 4) is 6.07 Å². The van der Waals surface area contributed by atoms with E-state index in [0.29, 0.717) is 14.0 Å². The van der Waals surface area contributed by atoms with E-state index >= 15 is 0 Å². The molecule has 12 heavy (non-hydrogen) atoms. The van der Waals surface area contributed by atoms with Crippen LogP contribution in [0.25, 0.3) is 0 Å². The summed E-state index contributed by atoms with van der Waals surface area (Å²) in [4.78, 5) is 9.95.